The maximum Gasteiger partial charge on any atom is 0.231 e. The highest BCUT2D eigenvalue weighted by atomic mass is 32.1. The highest BCUT2D eigenvalue weighted by Gasteiger charge is 2.39. The van der Waals surface area contributed by atoms with Crippen molar-refractivity contribution in [3.63, 3.8) is 0 Å². The highest BCUT2D eigenvalue weighted by molar-refractivity contribution is 7.85. The summed E-state index contributed by atoms with van der Waals surface area (Å²) in [4.78, 5) is 31.8. The maximum absolute atomic E-state index is 10.9. The van der Waals surface area contributed by atoms with E-state index in [1.165, 1.54) is 6.29 Å². The van der Waals surface area contributed by atoms with E-state index in [9.17, 15) is 14.4 Å². The van der Waals surface area contributed by atoms with Gasteiger partial charge < -0.3 is 0 Å². The van der Waals surface area contributed by atoms with Gasteiger partial charge >= 0.3 is 0 Å². The molecule has 3 nitrogen and oxygen atoms in total. The van der Waals surface area contributed by atoms with E-state index in [1.54, 1.807) is 0 Å². The molecule has 0 aliphatic rings. The smallest absolute Gasteiger partial charge is 0.231 e. The summed E-state index contributed by atoms with van der Waals surface area (Å²) < 4.78 is -1.91. The molecule has 11 heavy (non-hydrogen) atoms. The number of carbonyl (C=O) groups excluding carboxylic acids is 3. The molecule has 61 valence electrons. The zero-order valence-corrected chi connectivity index (χ0v) is 7.62. The van der Waals surface area contributed by atoms with Gasteiger partial charge in [-0.15, -0.1) is 12.6 Å². The Morgan fingerprint density at radius 2 is 2.00 bits per heavy atom. The molecule has 0 amide bonds. The van der Waals surface area contributed by atoms with Gasteiger partial charge in [-0.1, -0.05) is 0 Å². The minimum absolute atomic E-state index is 0.196. The zero-order chi connectivity index (χ0) is 9.07. The van der Waals surface area contributed by atoms with Gasteiger partial charge in [0.05, 0.1) is 5.75 Å². The van der Waals surface area contributed by atoms with Gasteiger partial charge in [-0.2, -0.15) is 12.6 Å². The Kier molecular flexibility index (Phi) is 3.82. The second-order valence-electron chi connectivity index (χ2n) is 1.95. The second-order valence-corrected chi connectivity index (χ2v) is 2.94. The molecule has 1 radical (unpaired) electrons. The average molecular weight is 191 g/mol. The number of carbonyl (C=O) groups is 2. The lowest BCUT2D eigenvalue weighted by atomic mass is 10.0. The Bertz CT molecular complexity index is 202. The van der Waals surface area contributed by atoms with E-state index in [0.29, 0.717) is 0 Å². The number of hydrogen-bond donors (Lipinski definition) is 2. The summed E-state index contributed by atoms with van der Waals surface area (Å²) in [6, 6.07) is 0. The third-order valence-corrected chi connectivity index (χ3v) is 2.15. The van der Waals surface area contributed by atoms with E-state index >= 15 is 0 Å². The molecule has 0 aliphatic heterocycles. The predicted molar refractivity (Wildman–Crippen MR) is 47.0 cm³/mol. The lowest BCUT2D eigenvalue weighted by Crippen LogP contribution is -2.42. The van der Waals surface area contributed by atoms with E-state index in [2.05, 4.69) is 25.3 Å². The van der Waals surface area contributed by atoms with Crippen LogP contribution in [0.15, 0.2) is 0 Å². The van der Waals surface area contributed by atoms with Crippen LogP contribution in [0.2, 0.25) is 0 Å². The minimum atomic E-state index is -1.91. The summed E-state index contributed by atoms with van der Waals surface area (Å²) in [5.74, 6) is -1.47. The van der Waals surface area contributed by atoms with Crippen molar-refractivity contribution in [1.29, 1.82) is 0 Å². The molecule has 0 heterocycles. The summed E-state index contributed by atoms with van der Waals surface area (Å²) >= 11 is 7.24. The Balaban J connectivity index is 4.74. The van der Waals surface area contributed by atoms with Crippen LogP contribution in [-0.4, -0.2) is 28.4 Å². The Morgan fingerprint density at radius 3 is 2.09 bits per heavy atom. The van der Waals surface area contributed by atoms with Gasteiger partial charge in [0.2, 0.25) is 6.29 Å². The van der Waals surface area contributed by atoms with E-state index in [-0.39, 0.29) is 5.75 Å². The van der Waals surface area contributed by atoms with Gasteiger partial charge in [0.1, 0.15) is 0 Å². The quantitative estimate of drug-likeness (QED) is 0.480. The van der Waals surface area contributed by atoms with Crippen molar-refractivity contribution in [3.8, 4) is 0 Å². The highest BCUT2D eigenvalue weighted by Crippen LogP contribution is 2.14. The largest absolute Gasteiger partial charge is 0.297 e. The van der Waals surface area contributed by atoms with Crippen molar-refractivity contribution in [2.75, 3.05) is 5.75 Å². The lowest BCUT2D eigenvalue weighted by Gasteiger charge is -2.13. The van der Waals surface area contributed by atoms with Gasteiger partial charge in [-0.3, -0.25) is 14.4 Å². The fraction of sp³-hybridized carbons (Fsp3) is 0.500. The molecule has 0 aliphatic carbocycles. The molecule has 0 rings (SSSR count). The summed E-state index contributed by atoms with van der Waals surface area (Å²) in [6.45, 7) is 1.11. The van der Waals surface area contributed by atoms with Crippen molar-refractivity contribution in [1.82, 2.24) is 0 Å². The first kappa shape index (κ1) is 10.7. The Morgan fingerprint density at radius 1 is 1.55 bits per heavy atom. The zero-order valence-electron chi connectivity index (χ0n) is 5.83. The van der Waals surface area contributed by atoms with Gasteiger partial charge in [0.15, 0.2) is 16.3 Å². The average Bonchev–Trinajstić information content (AvgIpc) is 2.01. The Labute approximate surface area is 75.4 Å². The van der Waals surface area contributed by atoms with Crippen molar-refractivity contribution in [2.45, 2.75) is 11.7 Å². The van der Waals surface area contributed by atoms with Crippen LogP contribution >= 0.6 is 25.3 Å². The number of rotatable bonds is 4. The van der Waals surface area contributed by atoms with Crippen molar-refractivity contribution < 1.29 is 14.4 Å². The lowest BCUT2D eigenvalue weighted by molar-refractivity contribution is -0.125. The molecule has 0 fully saturated rings. The molecule has 0 aromatic heterocycles. The molecule has 0 saturated carbocycles. The molecular weight excluding hydrogens is 184 g/mol. The van der Waals surface area contributed by atoms with Gasteiger partial charge in [-0.05, 0) is 6.92 Å². The molecule has 0 unspecified atom stereocenters. The standard InChI is InChI=1S/C6H7O3S2/c1-4(8)6(11,3-7)5(9)2-10/h10-11H,2H2,1H3/t6-/m0/s1. The van der Waals surface area contributed by atoms with Crippen LogP contribution in [0, 0.1) is 0 Å². The molecular formula is C6H7O3S2. The third-order valence-electron chi connectivity index (χ3n) is 1.20. The summed E-state index contributed by atoms with van der Waals surface area (Å²) in [5.41, 5.74) is 0. The fourth-order valence-electron chi connectivity index (χ4n) is 0.440. The molecule has 0 bridgehead atoms. The molecule has 0 spiro atoms. The molecule has 0 aromatic carbocycles. The van der Waals surface area contributed by atoms with Gasteiger partial charge in [0.25, 0.3) is 0 Å². The molecule has 5 heteroatoms. The van der Waals surface area contributed by atoms with Crippen molar-refractivity contribution >= 4 is 43.1 Å². The van der Waals surface area contributed by atoms with E-state index in [0.717, 1.165) is 6.92 Å². The van der Waals surface area contributed by atoms with Crippen LogP contribution in [0.4, 0.5) is 0 Å². The molecule has 0 aromatic rings. The first-order valence-corrected chi connectivity index (χ1v) is 3.84. The molecule has 0 saturated heterocycles. The normalized spacial score (nSPS) is 15.2. The van der Waals surface area contributed by atoms with Crippen LogP contribution in [0.1, 0.15) is 6.92 Å². The number of thiol groups is 2. The van der Waals surface area contributed by atoms with Crippen molar-refractivity contribution in [3.05, 3.63) is 0 Å². The van der Waals surface area contributed by atoms with Crippen LogP contribution in [-0.2, 0) is 14.4 Å². The van der Waals surface area contributed by atoms with Crippen LogP contribution in [0.3, 0.4) is 0 Å². The van der Waals surface area contributed by atoms with Gasteiger partial charge in [-0.25, -0.2) is 0 Å². The second kappa shape index (κ2) is 3.92. The number of hydrogen-bond acceptors (Lipinski definition) is 5. The van der Waals surface area contributed by atoms with Crippen molar-refractivity contribution in [2.24, 2.45) is 0 Å². The maximum atomic E-state index is 10.9. The van der Waals surface area contributed by atoms with Gasteiger partial charge in [0, 0.05) is 0 Å². The third kappa shape index (κ3) is 2.07. The minimum Gasteiger partial charge on any atom is -0.297 e. The van der Waals surface area contributed by atoms with E-state index in [4.69, 9.17) is 0 Å². The van der Waals surface area contributed by atoms with Crippen LogP contribution in [0.5, 0.6) is 0 Å². The predicted octanol–water partition coefficient (Wildman–Crippen LogP) is -0.147. The van der Waals surface area contributed by atoms with Crippen LogP contribution < -0.4 is 0 Å². The molecule has 0 N–H and O–H groups in total. The topological polar surface area (TPSA) is 51.2 Å². The summed E-state index contributed by atoms with van der Waals surface area (Å²) in [7, 11) is 0. The summed E-state index contributed by atoms with van der Waals surface area (Å²) in [6.07, 6.45) is 1.29. The van der Waals surface area contributed by atoms with E-state index in [1.807, 2.05) is 0 Å². The molecule has 1 atom stereocenters. The first-order valence-electron chi connectivity index (χ1n) is 2.76. The fourth-order valence-corrected chi connectivity index (χ4v) is 0.880. The first-order chi connectivity index (χ1) is 4.99. The Hall–Kier alpha value is -0.290. The monoisotopic (exact) mass is 191 g/mol. The van der Waals surface area contributed by atoms with Crippen LogP contribution in [0.25, 0.3) is 0 Å². The summed E-state index contributed by atoms with van der Waals surface area (Å²) in [5, 5.41) is 0. The van der Waals surface area contributed by atoms with E-state index < -0.39 is 16.3 Å². The SMILES string of the molecule is CC(=O)[C@@](S)([C]=O)C(=O)CS. The number of Topliss-reactive ketones (excluding diaryl/α,β-unsaturated/α-hetero) is 2. The number of ketones is 2.